The summed E-state index contributed by atoms with van der Waals surface area (Å²) >= 11 is 0. The van der Waals surface area contributed by atoms with Gasteiger partial charge in [-0.3, -0.25) is 4.79 Å². The van der Waals surface area contributed by atoms with Crippen LogP contribution in [-0.2, 0) is 11.3 Å². The van der Waals surface area contributed by atoms with Crippen molar-refractivity contribution in [3.05, 3.63) is 60.1 Å². The van der Waals surface area contributed by atoms with Gasteiger partial charge in [0.05, 0.1) is 12.8 Å². The van der Waals surface area contributed by atoms with Crippen molar-refractivity contribution in [2.24, 2.45) is 0 Å². The molecule has 4 nitrogen and oxygen atoms in total. The molecule has 4 heteroatoms. The van der Waals surface area contributed by atoms with Gasteiger partial charge in [0.1, 0.15) is 5.76 Å². The summed E-state index contributed by atoms with van der Waals surface area (Å²) in [5.74, 6) is 0.749. The molecule has 1 amide bonds. The van der Waals surface area contributed by atoms with E-state index in [9.17, 15) is 4.79 Å². The Bertz CT molecular complexity index is 681. The van der Waals surface area contributed by atoms with Crippen LogP contribution in [0, 0.1) is 0 Å². The van der Waals surface area contributed by atoms with Gasteiger partial charge in [0, 0.05) is 31.9 Å². The highest BCUT2D eigenvalue weighted by atomic mass is 16.3. The molecule has 2 heterocycles. The monoisotopic (exact) mass is 338 g/mol. The van der Waals surface area contributed by atoms with E-state index >= 15 is 0 Å². The Morgan fingerprint density at radius 3 is 2.48 bits per heavy atom. The summed E-state index contributed by atoms with van der Waals surface area (Å²) in [6, 6.07) is 12.2. The van der Waals surface area contributed by atoms with Crippen molar-refractivity contribution >= 4 is 17.7 Å². The normalized spacial score (nSPS) is 15.3. The van der Waals surface area contributed by atoms with E-state index in [0.29, 0.717) is 6.54 Å². The SMILES string of the molecule is CN(Cc1ccco1)C(=O)C=Cc1ccc(N2CCCCCC2)cc1. The Labute approximate surface area is 149 Å². The molecule has 1 saturated heterocycles. The van der Waals surface area contributed by atoms with Crippen LogP contribution in [0.1, 0.15) is 37.0 Å². The summed E-state index contributed by atoms with van der Waals surface area (Å²) in [7, 11) is 1.78. The largest absolute Gasteiger partial charge is 0.467 e. The second-order valence-electron chi connectivity index (χ2n) is 6.60. The zero-order valence-corrected chi connectivity index (χ0v) is 14.9. The van der Waals surface area contributed by atoms with Crippen molar-refractivity contribution in [3.8, 4) is 0 Å². The zero-order valence-electron chi connectivity index (χ0n) is 14.9. The number of carbonyl (C=O) groups is 1. The van der Waals surface area contributed by atoms with Gasteiger partial charge in [-0.15, -0.1) is 0 Å². The lowest BCUT2D eigenvalue weighted by atomic mass is 10.1. The summed E-state index contributed by atoms with van der Waals surface area (Å²) in [5.41, 5.74) is 2.32. The molecule has 2 aromatic rings. The third kappa shape index (κ3) is 4.99. The molecule has 0 spiro atoms. The summed E-state index contributed by atoms with van der Waals surface area (Å²) in [6.07, 6.45) is 10.3. The Balaban J connectivity index is 1.56. The fraction of sp³-hybridized carbons (Fsp3) is 0.381. The molecule has 1 aromatic heterocycles. The molecule has 1 fully saturated rings. The first-order chi connectivity index (χ1) is 12.2. The van der Waals surface area contributed by atoms with Crippen LogP contribution in [0.4, 0.5) is 5.69 Å². The molecular formula is C21H26N2O2. The van der Waals surface area contributed by atoms with Crippen LogP contribution in [0.3, 0.4) is 0 Å². The number of nitrogens with zero attached hydrogens (tertiary/aromatic N) is 2. The minimum atomic E-state index is -0.0343. The van der Waals surface area contributed by atoms with Crippen molar-refractivity contribution in [2.45, 2.75) is 32.2 Å². The predicted molar refractivity (Wildman–Crippen MR) is 101 cm³/mol. The molecule has 0 N–H and O–H groups in total. The van der Waals surface area contributed by atoms with Crippen molar-refractivity contribution < 1.29 is 9.21 Å². The lowest BCUT2D eigenvalue weighted by Crippen LogP contribution is -2.24. The van der Waals surface area contributed by atoms with Gasteiger partial charge in [-0.1, -0.05) is 25.0 Å². The van der Waals surface area contributed by atoms with Crippen molar-refractivity contribution in [1.82, 2.24) is 4.90 Å². The topological polar surface area (TPSA) is 36.7 Å². The highest BCUT2D eigenvalue weighted by Gasteiger charge is 2.10. The lowest BCUT2D eigenvalue weighted by molar-refractivity contribution is -0.125. The van der Waals surface area contributed by atoms with Crippen LogP contribution < -0.4 is 4.90 Å². The van der Waals surface area contributed by atoms with Crippen LogP contribution in [-0.4, -0.2) is 30.9 Å². The standard InChI is InChI=1S/C21H26N2O2/c1-22(17-20-7-6-16-25-20)21(24)13-10-18-8-11-19(12-9-18)23-14-4-2-3-5-15-23/h6-13,16H,2-5,14-15,17H2,1H3. The first-order valence-electron chi connectivity index (χ1n) is 9.03. The molecule has 0 bridgehead atoms. The minimum absolute atomic E-state index is 0.0343. The van der Waals surface area contributed by atoms with Crippen LogP contribution in [0.5, 0.6) is 0 Å². The maximum absolute atomic E-state index is 12.2. The average molecular weight is 338 g/mol. The van der Waals surface area contributed by atoms with Gasteiger partial charge >= 0.3 is 0 Å². The highest BCUT2D eigenvalue weighted by molar-refractivity contribution is 5.91. The summed E-state index contributed by atoms with van der Waals surface area (Å²) in [4.78, 5) is 16.3. The second-order valence-corrected chi connectivity index (χ2v) is 6.60. The van der Waals surface area contributed by atoms with Gasteiger partial charge < -0.3 is 14.2 Å². The van der Waals surface area contributed by atoms with Crippen LogP contribution in [0.15, 0.2) is 53.2 Å². The van der Waals surface area contributed by atoms with Gasteiger partial charge in [-0.25, -0.2) is 0 Å². The van der Waals surface area contributed by atoms with E-state index in [2.05, 4.69) is 29.2 Å². The number of hydrogen-bond donors (Lipinski definition) is 0. The number of amides is 1. The summed E-state index contributed by atoms with van der Waals surface area (Å²) in [6.45, 7) is 2.76. The molecule has 1 aliphatic rings. The van der Waals surface area contributed by atoms with E-state index in [1.165, 1.54) is 31.4 Å². The minimum Gasteiger partial charge on any atom is -0.467 e. The number of rotatable bonds is 5. The Morgan fingerprint density at radius 2 is 1.84 bits per heavy atom. The van der Waals surface area contributed by atoms with E-state index in [0.717, 1.165) is 24.4 Å². The molecule has 0 unspecified atom stereocenters. The van der Waals surface area contributed by atoms with E-state index in [1.807, 2.05) is 18.2 Å². The highest BCUT2D eigenvalue weighted by Crippen LogP contribution is 2.20. The molecule has 0 atom stereocenters. The molecule has 3 rings (SSSR count). The van der Waals surface area contributed by atoms with E-state index in [-0.39, 0.29) is 5.91 Å². The number of anilines is 1. The Hall–Kier alpha value is -2.49. The predicted octanol–water partition coefficient (Wildman–Crippen LogP) is 4.33. The van der Waals surface area contributed by atoms with E-state index < -0.39 is 0 Å². The third-order valence-electron chi connectivity index (χ3n) is 4.63. The number of likely N-dealkylation sites (N-methyl/N-ethyl adjacent to an activating group) is 1. The van der Waals surface area contributed by atoms with E-state index in [1.54, 1.807) is 24.3 Å². The first-order valence-corrected chi connectivity index (χ1v) is 9.03. The number of benzene rings is 1. The number of furan rings is 1. The average Bonchev–Trinajstić information content (AvgIpc) is 2.99. The maximum Gasteiger partial charge on any atom is 0.246 e. The van der Waals surface area contributed by atoms with Gasteiger partial charge in [0.15, 0.2) is 0 Å². The number of hydrogen-bond acceptors (Lipinski definition) is 3. The molecule has 132 valence electrons. The fourth-order valence-electron chi connectivity index (χ4n) is 3.13. The second kappa shape index (κ2) is 8.56. The van der Waals surface area contributed by atoms with E-state index in [4.69, 9.17) is 4.42 Å². The summed E-state index contributed by atoms with van der Waals surface area (Å²) < 4.78 is 5.27. The molecule has 0 aliphatic carbocycles. The molecular weight excluding hydrogens is 312 g/mol. The van der Waals surface area contributed by atoms with Gasteiger partial charge in [-0.05, 0) is 48.7 Å². The number of carbonyl (C=O) groups excluding carboxylic acids is 1. The first kappa shape index (κ1) is 17.3. The van der Waals surface area contributed by atoms with Crippen molar-refractivity contribution in [3.63, 3.8) is 0 Å². The Morgan fingerprint density at radius 1 is 1.12 bits per heavy atom. The summed E-state index contributed by atoms with van der Waals surface area (Å²) in [5, 5.41) is 0. The van der Waals surface area contributed by atoms with Gasteiger partial charge in [0.25, 0.3) is 0 Å². The zero-order chi connectivity index (χ0) is 17.5. The molecule has 1 aliphatic heterocycles. The van der Waals surface area contributed by atoms with Crippen LogP contribution >= 0.6 is 0 Å². The van der Waals surface area contributed by atoms with Crippen molar-refractivity contribution in [2.75, 3.05) is 25.0 Å². The Kier molecular flexibility index (Phi) is 5.94. The molecule has 0 saturated carbocycles. The van der Waals surface area contributed by atoms with Crippen molar-refractivity contribution in [1.29, 1.82) is 0 Å². The van der Waals surface area contributed by atoms with Gasteiger partial charge in [0.2, 0.25) is 5.91 Å². The molecule has 0 radical (unpaired) electrons. The molecule has 25 heavy (non-hydrogen) atoms. The fourth-order valence-corrected chi connectivity index (χ4v) is 3.13. The molecule has 1 aromatic carbocycles. The van der Waals surface area contributed by atoms with Crippen LogP contribution in [0.2, 0.25) is 0 Å². The lowest BCUT2D eigenvalue weighted by Gasteiger charge is -2.22. The quantitative estimate of drug-likeness (QED) is 0.761. The smallest absolute Gasteiger partial charge is 0.246 e. The van der Waals surface area contributed by atoms with Crippen LogP contribution in [0.25, 0.3) is 6.08 Å². The third-order valence-corrected chi connectivity index (χ3v) is 4.63. The maximum atomic E-state index is 12.2. The van der Waals surface area contributed by atoms with Gasteiger partial charge in [-0.2, -0.15) is 0 Å².